The second kappa shape index (κ2) is 5.79. The Balaban J connectivity index is 1.99. The summed E-state index contributed by atoms with van der Waals surface area (Å²) in [6, 6.07) is 6.61. The molecular formula is C15H21FN2O2. The lowest BCUT2D eigenvalue weighted by Gasteiger charge is -2.25. The first-order valence-corrected chi connectivity index (χ1v) is 6.85. The Morgan fingerprint density at radius 1 is 1.50 bits per heavy atom. The van der Waals surface area contributed by atoms with E-state index in [0.29, 0.717) is 25.2 Å². The minimum atomic E-state index is -0.623. The SMILES string of the molecule is CC(C)(CO)NC(=O)C1CCN(c2ccccc2F)C1. The van der Waals surface area contributed by atoms with Crippen molar-refractivity contribution in [3.63, 3.8) is 0 Å². The molecule has 0 aromatic heterocycles. The number of aliphatic hydroxyl groups excluding tert-OH is 1. The van der Waals surface area contributed by atoms with Gasteiger partial charge in [-0.2, -0.15) is 0 Å². The van der Waals surface area contributed by atoms with Crippen molar-refractivity contribution in [1.29, 1.82) is 0 Å². The van der Waals surface area contributed by atoms with Gasteiger partial charge in [0.2, 0.25) is 5.91 Å². The molecule has 1 saturated heterocycles. The highest BCUT2D eigenvalue weighted by Crippen LogP contribution is 2.26. The summed E-state index contributed by atoms with van der Waals surface area (Å²) in [5, 5.41) is 12.0. The molecule has 1 atom stereocenters. The van der Waals surface area contributed by atoms with Gasteiger partial charge in [-0.1, -0.05) is 12.1 Å². The largest absolute Gasteiger partial charge is 0.394 e. The van der Waals surface area contributed by atoms with Crippen LogP contribution in [0.15, 0.2) is 24.3 Å². The van der Waals surface area contributed by atoms with Crippen molar-refractivity contribution in [1.82, 2.24) is 5.32 Å². The van der Waals surface area contributed by atoms with E-state index in [1.54, 1.807) is 32.0 Å². The van der Waals surface area contributed by atoms with Crippen LogP contribution < -0.4 is 10.2 Å². The molecule has 1 aromatic rings. The van der Waals surface area contributed by atoms with Gasteiger partial charge in [0, 0.05) is 13.1 Å². The van der Waals surface area contributed by atoms with Gasteiger partial charge in [0.05, 0.1) is 23.8 Å². The lowest BCUT2D eigenvalue weighted by molar-refractivity contribution is -0.126. The number of hydrogen-bond acceptors (Lipinski definition) is 3. The van der Waals surface area contributed by atoms with Gasteiger partial charge < -0.3 is 15.3 Å². The van der Waals surface area contributed by atoms with Crippen molar-refractivity contribution in [2.24, 2.45) is 5.92 Å². The van der Waals surface area contributed by atoms with E-state index in [2.05, 4.69) is 5.32 Å². The molecule has 1 unspecified atom stereocenters. The number of nitrogens with one attached hydrogen (secondary N) is 1. The van der Waals surface area contributed by atoms with Crippen LogP contribution >= 0.6 is 0 Å². The number of halogens is 1. The predicted octanol–water partition coefficient (Wildman–Crippen LogP) is 1.54. The minimum absolute atomic E-state index is 0.0807. The molecule has 1 aliphatic rings. The Morgan fingerprint density at radius 3 is 2.85 bits per heavy atom. The molecule has 0 aliphatic carbocycles. The molecule has 1 aliphatic heterocycles. The lowest BCUT2D eigenvalue weighted by Crippen LogP contribution is -2.49. The molecule has 2 rings (SSSR count). The van der Waals surface area contributed by atoms with Gasteiger partial charge >= 0.3 is 0 Å². The van der Waals surface area contributed by atoms with Crippen molar-refractivity contribution in [2.75, 3.05) is 24.6 Å². The lowest BCUT2D eigenvalue weighted by atomic mass is 10.0. The number of hydrogen-bond donors (Lipinski definition) is 2. The Hall–Kier alpha value is -1.62. The third kappa shape index (κ3) is 3.28. The summed E-state index contributed by atoms with van der Waals surface area (Å²) in [6.45, 7) is 4.61. The van der Waals surface area contributed by atoms with Gasteiger partial charge in [-0.3, -0.25) is 4.79 Å². The zero-order valence-electron chi connectivity index (χ0n) is 11.9. The van der Waals surface area contributed by atoms with Gasteiger partial charge in [-0.15, -0.1) is 0 Å². The van der Waals surface area contributed by atoms with Gasteiger partial charge in [-0.25, -0.2) is 4.39 Å². The third-order valence-electron chi connectivity index (χ3n) is 3.61. The topological polar surface area (TPSA) is 52.6 Å². The number of carbonyl (C=O) groups excluding carboxylic acids is 1. The third-order valence-corrected chi connectivity index (χ3v) is 3.61. The molecule has 1 fully saturated rings. The average molecular weight is 280 g/mol. The van der Waals surface area contributed by atoms with E-state index in [4.69, 9.17) is 0 Å². The van der Waals surface area contributed by atoms with Gasteiger partial charge in [0.1, 0.15) is 5.82 Å². The number of aliphatic hydroxyl groups is 1. The molecule has 1 amide bonds. The monoisotopic (exact) mass is 280 g/mol. The second-order valence-corrected chi connectivity index (χ2v) is 5.91. The first-order chi connectivity index (χ1) is 9.43. The minimum Gasteiger partial charge on any atom is -0.394 e. The number of carbonyl (C=O) groups is 1. The summed E-state index contributed by atoms with van der Waals surface area (Å²) in [5.74, 6) is -0.507. The Bertz CT molecular complexity index is 491. The number of para-hydroxylation sites is 1. The van der Waals surface area contributed by atoms with E-state index in [1.165, 1.54) is 6.07 Å². The van der Waals surface area contributed by atoms with Crippen molar-refractivity contribution in [3.05, 3.63) is 30.1 Å². The van der Waals surface area contributed by atoms with E-state index in [9.17, 15) is 14.3 Å². The van der Waals surface area contributed by atoms with E-state index in [-0.39, 0.29) is 24.2 Å². The van der Waals surface area contributed by atoms with Crippen LogP contribution in [0.3, 0.4) is 0 Å². The highest BCUT2D eigenvalue weighted by molar-refractivity contribution is 5.80. The average Bonchev–Trinajstić information content (AvgIpc) is 2.88. The van der Waals surface area contributed by atoms with Gasteiger partial charge in [0.15, 0.2) is 0 Å². The summed E-state index contributed by atoms with van der Waals surface area (Å²) < 4.78 is 13.7. The molecule has 0 bridgehead atoms. The van der Waals surface area contributed by atoms with Crippen LogP contribution in [0.2, 0.25) is 0 Å². The van der Waals surface area contributed by atoms with E-state index in [0.717, 1.165) is 0 Å². The zero-order chi connectivity index (χ0) is 14.8. The van der Waals surface area contributed by atoms with E-state index < -0.39 is 5.54 Å². The maximum atomic E-state index is 13.7. The van der Waals surface area contributed by atoms with Crippen molar-refractivity contribution in [3.8, 4) is 0 Å². The predicted molar refractivity (Wildman–Crippen MR) is 76.0 cm³/mol. The summed E-state index contributed by atoms with van der Waals surface area (Å²) >= 11 is 0. The molecule has 0 radical (unpaired) electrons. The van der Waals surface area contributed by atoms with Crippen LogP contribution in [0.5, 0.6) is 0 Å². The van der Waals surface area contributed by atoms with Crippen molar-refractivity contribution >= 4 is 11.6 Å². The molecule has 2 N–H and O–H groups in total. The molecule has 1 heterocycles. The molecule has 4 nitrogen and oxygen atoms in total. The van der Waals surface area contributed by atoms with Gasteiger partial charge in [0.25, 0.3) is 0 Å². The maximum absolute atomic E-state index is 13.7. The zero-order valence-corrected chi connectivity index (χ0v) is 11.9. The normalized spacial score (nSPS) is 19.2. The van der Waals surface area contributed by atoms with Crippen LogP contribution in [0.1, 0.15) is 20.3 Å². The summed E-state index contributed by atoms with van der Waals surface area (Å²) in [4.78, 5) is 14.0. The first-order valence-electron chi connectivity index (χ1n) is 6.85. The summed E-state index contributed by atoms with van der Waals surface area (Å²) in [7, 11) is 0. The quantitative estimate of drug-likeness (QED) is 0.879. The Morgan fingerprint density at radius 2 is 2.20 bits per heavy atom. The number of amides is 1. The molecule has 1 aromatic carbocycles. The number of nitrogens with zero attached hydrogens (tertiary/aromatic N) is 1. The molecule has 5 heteroatoms. The molecule has 0 saturated carbocycles. The van der Waals surface area contributed by atoms with Crippen molar-refractivity contribution < 1.29 is 14.3 Å². The number of anilines is 1. The molecule has 0 spiro atoms. The summed E-state index contributed by atoms with van der Waals surface area (Å²) in [5.41, 5.74) is -0.0769. The fraction of sp³-hybridized carbons (Fsp3) is 0.533. The Kier molecular flexibility index (Phi) is 4.28. The maximum Gasteiger partial charge on any atom is 0.225 e. The second-order valence-electron chi connectivity index (χ2n) is 5.91. The van der Waals surface area contributed by atoms with Gasteiger partial charge in [-0.05, 0) is 32.4 Å². The first kappa shape index (κ1) is 14.8. The van der Waals surface area contributed by atoms with Crippen LogP contribution in [-0.2, 0) is 4.79 Å². The van der Waals surface area contributed by atoms with Crippen molar-refractivity contribution in [2.45, 2.75) is 25.8 Å². The number of rotatable bonds is 4. The van der Waals surface area contributed by atoms with Crippen LogP contribution in [0.4, 0.5) is 10.1 Å². The molecule has 110 valence electrons. The Labute approximate surface area is 118 Å². The van der Waals surface area contributed by atoms with E-state index >= 15 is 0 Å². The highest BCUT2D eigenvalue weighted by Gasteiger charge is 2.32. The van der Waals surface area contributed by atoms with Crippen LogP contribution in [-0.4, -0.2) is 36.2 Å². The fourth-order valence-electron chi connectivity index (χ4n) is 2.38. The van der Waals surface area contributed by atoms with E-state index in [1.807, 2.05) is 4.90 Å². The molecule has 20 heavy (non-hydrogen) atoms. The smallest absolute Gasteiger partial charge is 0.225 e. The summed E-state index contributed by atoms with van der Waals surface area (Å²) in [6.07, 6.45) is 0.696. The fourth-order valence-corrected chi connectivity index (χ4v) is 2.38. The molecular weight excluding hydrogens is 259 g/mol. The number of benzene rings is 1. The highest BCUT2D eigenvalue weighted by atomic mass is 19.1. The van der Waals surface area contributed by atoms with Crippen LogP contribution in [0.25, 0.3) is 0 Å². The van der Waals surface area contributed by atoms with Crippen LogP contribution in [0, 0.1) is 11.7 Å². The standard InChI is InChI=1S/C15H21FN2O2/c1-15(2,10-19)17-14(20)11-7-8-18(9-11)13-6-4-3-5-12(13)16/h3-6,11,19H,7-10H2,1-2H3,(H,17,20).